The summed E-state index contributed by atoms with van der Waals surface area (Å²) in [4.78, 5) is 21.8. The van der Waals surface area contributed by atoms with Crippen LogP contribution < -0.4 is 15.4 Å². The van der Waals surface area contributed by atoms with Gasteiger partial charge in [-0.05, 0) is 13.3 Å². The van der Waals surface area contributed by atoms with Crippen LogP contribution in [-0.4, -0.2) is 62.1 Å². The number of aliphatic carboxylic acids is 1. The second-order valence-corrected chi connectivity index (χ2v) is 6.53. The Hall–Kier alpha value is -1.39. The second-order valence-electron chi connectivity index (χ2n) is 4.70. The first-order valence-corrected chi connectivity index (χ1v) is 7.81. The average molecular weight is 311 g/mol. The van der Waals surface area contributed by atoms with Crippen LogP contribution in [0.3, 0.4) is 0 Å². The number of carboxylic acid groups (broad SMARTS) is 1. The van der Waals surface area contributed by atoms with Crippen molar-refractivity contribution in [3.8, 4) is 0 Å². The van der Waals surface area contributed by atoms with Gasteiger partial charge in [0.2, 0.25) is 10.0 Å². The summed E-state index contributed by atoms with van der Waals surface area (Å²) >= 11 is 0. The molecule has 0 aromatic rings. The van der Waals surface area contributed by atoms with Gasteiger partial charge in [0.1, 0.15) is 0 Å². The predicted octanol–water partition coefficient (Wildman–Crippen LogP) is -1.55. The van der Waals surface area contributed by atoms with Crippen LogP contribution in [0.2, 0.25) is 0 Å². The van der Waals surface area contributed by atoms with Crippen LogP contribution in [0.25, 0.3) is 0 Å². The summed E-state index contributed by atoms with van der Waals surface area (Å²) in [6, 6.07) is -0.560. The fraction of sp³-hybridized carbons (Fsp3) is 0.800. The molecule has 0 rings (SSSR count). The lowest BCUT2D eigenvalue weighted by atomic mass is 10.0. The second kappa shape index (κ2) is 8.02. The number of carbonyl (C=O) groups is 2. The van der Waals surface area contributed by atoms with Gasteiger partial charge in [-0.15, -0.1) is 0 Å². The van der Waals surface area contributed by atoms with Gasteiger partial charge >= 0.3 is 12.0 Å². The van der Waals surface area contributed by atoms with Crippen molar-refractivity contribution in [2.45, 2.75) is 25.4 Å². The average Bonchev–Trinajstić information content (AvgIpc) is 2.22. The van der Waals surface area contributed by atoms with Crippen LogP contribution in [-0.2, 0) is 14.8 Å². The van der Waals surface area contributed by atoms with Gasteiger partial charge in [0.05, 0.1) is 18.3 Å². The zero-order valence-corrected chi connectivity index (χ0v) is 12.3. The highest BCUT2D eigenvalue weighted by atomic mass is 32.2. The zero-order valence-electron chi connectivity index (χ0n) is 11.5. The molecule has 0 heterocycles. The van der Waals surface area contributed by atoms with Crippen molar-refractivity contribution in [2.75, 3.05) is 25.9 Å². The number of carboxylic acids is 1. The maximum absolute atomic E-state index is 11.3. The smallest absolute Gasteiger partial charge is 0.314 e. The number of hydrogen-bond donors (Lipinski definition) is 5. The fourth-order valence-corrected chi connectivity index (χ4v) is 1.78. The third kappa shape index (κ3) is 11.7. The molecule has 0 aliphatic rings. The predicted molar refractivity (Wildman–Crippen MR) is 71.7 cm³/mol. The van der Waals surface area contributed by atoms with E-state index in [2.05, 4.69) is 15.4 Å². The molecule has 10 heteroatoms. The third-order valence-electron chi connectivity index (χ3n) is 2.17. The van der Waals surface area contributed by atoms with Crippen molar-refractivity contribution in [1.82, 2.24) is 15.4 Å². The standard InChI is InChI=1S/C10H21N3O6S/c1-10(17,6-8(14)15)7-12-9(16)11-4-3-5-13-20(2,18)19/h13,17H,3-7H2,1-2H3,(H,14,15)(H2,11,12,16). The number of sulfonamides is 1. The molecule has 0 aromatic heterocycles. The van der Waals surface area contributed by atoms with Crippen molar-refractivity contribution < 1.29 is 28.2 Å². The highest BCUT2D eigenvalue weighted by Crippen LogP contribution is 2.06. The summed E-state index contributed by atoms with van der Waals surface area (Å²) in [6.07, 6.45) is 0.967. The Balaban J connectivity index is 3.77. The van der Waals surface area contributed by atoms with Gasteiger partial charge in [-0.3, -0.25) is 4.79 Å². The Bertz CT molecular complexity index is 434. The van der Waals surface area contributed by atoms with Gasteiger partial charge < -0.3 is 20.8 Å². The number of aliphatic hydroxyl groups is 1. The van der Waals surface area contributed by atoms with E-state index in [1.807, 2.05) is 0 Å². The topological polar surface area (TPSA) is 145 Å². The van der Waals surface area contributed by atoms with Gasteiger partial charge in [-0.2, -0.15) is 0 Å². The molecule has 118 valence electrons. The maximum atomic E-state index is 11.3. The molecule has 0 saturated carbocycles. The Kier molecular flexibility index (Phi) is 7.46. The van der Waals surface area contributed by atoms with Crippen molar-refractivity contribution in [3.63, 3.8) is 0 Å². The van der Waals surface area contributed by atoms with E-state index >= 15 is 0 Å². The van der Waals surface area contributed by atoms with Gasteiger partial charge in [0.15, 0.2) is 0 Å². The number of carbonyl (C=O) groups excluding carboxylic acids is 1. The first-order valence-electron chi connectivity index (χ1n) is 5.92. The molecule has 0 spiro atoms. The Morgan fingerprint density at radius 2 is 1.80 bits per heavy atom. The summed E-state index contributed by atoms with van der Waals surface area (Å²) in [7, 11) is -3.23. The molecular formula is C10H21N3O6S. The number of nitrogens with one attached hydrogen (secondary N) is 3. The van der Waals surface area contributed by atoms with Crippen molar-refractivity contribution in [2.24, 2.45) is 0 Å². The molecule has 0 aliphatic carbocycles. The lowest BCUT2D eigenvalue weighted by Crippen LogP contribution is -2.46. The van der Waals surface area contributed by atoms with E-state index in [-0.39, 0.29) is 19.6 Å². The van der Waals surface area contributed by atoms with Crippen LogP contribution in [0.1, 0.15) is 19.8 Å². The van der Waals surface area contributed by atoms with Crippen LogP contribution in [0.5, 0.6) is 0 Å². The van der Waals surface area contributed by atoms with Crippen LogP contribution >= 0.6 is 0 Å². The van der Waals surface area contributed by atoms with Gasteiger partial charge in [0, 0.05) is 19.6 Å². The Morgan fingerprint density at radius 3 is 2.30 bits per heavy atom. The molecule has 0 aliphatic heterocycles. The number of amides is 2. The molecule has 5 N–H and O–H groups in total. The minimum absolute atomic E-state index is 0.202. The monoisotopic (exact) mass is 311 g/mol. The normalized spacial score (nSPS) is 14.3. The minimum atomic E-state index is -3.23. The summed E-state index contributed by atoms with van der Waals surface area (Å²) in [6.45, 7) is 1.55. The first-order chi connectivity index (χ1) is 9.02. The molecule has 0 aromatic carbocycles. The van der Waals surface area contributed by atoms with Gasteiger partial charge in [-0.1, -0.05) is 0 Å². The zero-order chi connectivity index (χ0) is 15.8. The molecule has 0 bridgehead atoms. The molecule has 2 amide bonds. The third-order valence-corrected chi connectivity index (χ3v) is 2.89. The van der Waals surface area contributed by atoms with Crippen molar-refractivity contribution in [1.29, 1.82) is 0 Å². The summed E-state index contributed by atoms with van der Waals surface area (Å²) in [5.74, 6) is -1.16. The maximum Gasteiger partial charge on any atom is 0.314 e. The number of urea groups is 1. The molecule has 0 saturated heterocycles. The van der Waals surface area contributed by atoms with E-state index in [0.29, 0.717) is 6.42 Å². The minimum Gasteiger partial charge on any atom is -0.481 e. The quantitative estimate of drug-likeness (QED) is 0.326. The molecule has 1 atom stereocenters. The van der Waals surface area contributed by atoms with E-state index in [1.165, 1.54) is 6.92 Å². The van der Waals surface area contributed by atoms with Crippen LogP contribution in [0, 0.1) is 0 Å². The molecule has 1 unspecified atom stereocenters. The fourth-order valence-electron chi connectivity index (χ4n) is 1.27. The van der Waals surface area contributed by atoms with E-state index in [1.54, 1.807) is 0 Å². The highest BCUT2D eigenvalue weighted by molar-refractivity contribution is 7.88. The Morgan fingerprint density at radius 1 is 1.20 bits per heavy atom. The molecule has 20 heavy (non-hydrogen) atoms. The summed E-state index contributed by atoms with van der Waals surface area (Å²) in [5, 5.41) is 23.0. The lowest BCUT2D eigenvalue weighted by Gasteiger charge is -2.21. The molecule has 0 radical (unpaired) electrons. The van der Waals surface area contributed by atoms with Crippen LogP contribution in [0.15, 0.2) is 0 Å². The first kappa shape index (κ1) is 18.6. The van der Waals surface area contributed by atoms with Crippen molar-refractivity contribution >= 4 is 22.0 Å². The molecule has 9 nitrogen and oxygen atoms in total. The Labute approximate surface area is 117 Å². The number of rotatable bonds is 9. The number of hydrogen-bond acceptors (Lipinski definition) is 5. The highest BCUT2D eigenvalue weighted by Gasteiger charge is 2.24. The lowest BCUT2D eigenvalue weighted by molar-refractivity contribution is -0.141. The van der Waals surface area contributed by atoms with E-state index < -0.39 is 34.0 Å². The SMILES string of the molecule is CC(O)(CNC(=O)NCCCNS(C)(=O)=O)CC(=O)O. The molecular weight excluding hydrogens is 290 g/mol. The summed E-state index contributed by atoms with van der Waals surface area (Å²) in [5.41, 5.74) is -1.53. The van der Waals surface area contributed by atoms with Gasteiger partial charge in [0.25, 0.3) is 0 Å². The van der Waals surface area contributed by atoms with E-state index in [9.17, 15) is 23.1 Å². The van der Waals surface area contributed by atoms with Crippen LogP contribution in [0.4, 0.5) is 4.79 Å². The van der Waals surface area contributed by atoms with Gasteiger partial charge in [-0.25, -0.2) is 17.9 Å². The summed E-state index contributed by atoms with van der Waals surface area (Å²) < 4.78 is 23.8. The van der Waals surface area contributed by atoms with E-state index in [4.69, 9.17) is 5.11 Å². The van der Waals surface area contributed by atoms with E-state index in [0.717, 1.165) is 6.26 Å². The largest absolute Gasteiger partial charge is 0.481 e. The molecule has 0 fully saturated rings. The van der Waals surface area contributed by atoms with Crippen molar-refractivity contribution in [3.05, 3.63) is 0 Å².